The molecule has 166 valence electrons. The predicted molar refractivity (Wildman–Crippen MR) is 117 cm³/mol. The van der Waals surface area contributed by atoms with E-state index >= 15 is 0 Å². The molecule has 12 heteroatoms. The quantitative estimate of drug-likeness (QED) is 0.467. The van der Waals surface area contributed by atoms with Gasteiger partial charge in [-0.05, 0) is 13.0 Å². The Labute approximate surface area is 187 Å². The predicted octanol–water partition coefficient (Wildman–Crippen LogP) is 2.43. The van der Waals surface area contributed by atoms with Gasteiger partial charge in [-0.3, -0.25) is 24.6 Å². The molecular formula is C19H22ClN5O5S. The molecule has 0 unspecified atom stereocenters. The van der Waals surface area contributed by atoms with Gasteiger partial charge in [0.05, 0.1) is 34.4 Å². The van der Waals surface area contributed by atoms with Gasteiger partial charge in [0.2, 0.25) is 5.91 Å². The number of halogens is 1. The monoisotopic (exact) mass is 467 g/mol. The minimum atomic E-state index is -0.584. The molecule has 0 radical (unpaired) electrons. The summed E-state index contributed by atoms with van der Waals surface area (Å²) in [5.41, 5.74) is 0.684. The Bertz CT molecular complexity index is 963. The fourth-order valence-corrected chi connectivity index (χ4v) is 4.00. The van der Waals surface area contributed by atoms with Crippen LogP contribution in [0.3, 0.4) is 0 Å². The molecule has 3 rings (SSSR count). The molecule has 1 N–H and O–H groups in total. The highest BCUT2D eigenvalue weighted by Gasteiger charge is 2.24. The lowest BCUT2D eigenvalue weighted by Gasteiger charge is -2.30. The van der Waals surface area contributed by atoms with Gasteiger partial charge in [-0.1, -0.05) is 11.6 Å². The number of carbonyl (C=O) groups excluding carboxylic acids is 2. The number of aromatic nitrogens is 1. The van der Waals surface area contributed by atoms with Crippen molar-refractivity contribution in [2.24, 2.45) is 0 Å². The first-order valence-corrected chi connectivity index (χ1v) is 10.8. The first-order chi connectivity index (χ1) is 14.8. The molecule has 2 heterocycles. The second-order valence-electron chi connectivity index (χ2n) is 6.94. The van der Waals surface area contributed by atoms with Crippen molar-refractivity contribution in [1.82, 2.24) is 14.8 Å². The van der Waals surface area contributed by atoms with Crippen molar-refractivity contribution in [3.05, 3.63) is 50.0 Å². The molecule has 1 aromatic heterocycles. The normalized spacial score (nSPS) is 14.3. The third-order valence-corrected chi connectivity index (χ3v) is 5.86. The molecule has 1 aromatic carbocycles. The zero-order valence-electron chi connectivity index (χ0n) is 16.9. The largest absolute Gasteiger partial charge is 0.379 e. The fourth-order valence-electron chi connectivity index (χ4n) is 3.04. The molecule has 0 atom stereocenters. The van der Waals surface area contributed by atoms with E-state index in [2.05, 4.69) is 15.2 Å². The van der Waals surface area contributed by atoms with Crippen LogP contribution in [0.5, 0.6) is 0 Å². The molecule has 10 nitrogen and oxygen atoms in total. The highest BCUT2D eigenvalue weighted by molar-refractivity contribution is 7.13. The Hall–Kier alpha value is -2.60. The number of morpholine rings is 1. The van der Waals surface area contributed by atoms with Crippen LogP contribution in [0.4, 0.5) is 10.8 Å². The van der Waals surface area contributed by atoms with Crippen LogP contribution in [0.2, 0.25) is 5.02 Å². The number of hydrogen-bond acceptors (Lipinski definition) is 8. The Balaban J connectivity index is 1.74. The Morgan fingerprint density at radius 1 is 1.39 bits per heavy atom. The van der Waals surface area contributed by atoms with Crippen LogP contribution < -0.4 is 5.32 Å². The highest BCUT2D eigenvalue weighted by atomic mass is 35.5. The molecule has 1 aliphatic heterocycles. The smallest absolute Gasteiger partial charge is 0.270 e. The third-order valence-electron chi connectivity index (χ3n) is 4.67. The number of nitrogens with zero attached hydrogens (tertiary/aromatic N) is 4. The second kappa shape index (κ2) is 10.6. The first kappa shape index (κ1) is 23.1. The van der Waals surface area contributed by atoms with Crippen LogP contribution in [0.1, 0.15) is 16.1 Å². The molecule has 0 saturated carbocycles. The summed E-state index contributed by atoms with van der Waals surface area (Å²) >= 11 is 7.44. The van der Waals surface area contributed by atoms with E-state index in [0.29, 0.717) is 24.9 Å². The van der Waals surface area contributed by atoms with E-state index in [1.165, 1.54) is 28.4 Å². The summed E-state index contributed by atoms with van der Waals surface area (Å²) < 4.78 is 5.34. The van der Waals surface area contributed by atoms with Gasteiger partial charge in [-0.2, -0.15) is 0 Å². The van der Waals surface area contributed by atoms with Gasteiger partial charge in [0.15, 0.2) is 5.13 Å². The molecule has 2 amide bonds. The molecule has 1 saturated heterocycles. The van der Waals surface area contributed by atoms with Crippen LogP contribution in [0, 0.1) is 17.0 Å². The number of nitrogens with one attached hydrogen (secondary N) is 1. The number of anilines is 1. The fraction of sp³-hybridized carbons (Fsp3) is 0.421. The number of aryl methyl sites for hydroxylation is 1. The molecule has 1 aliphatic rings. The topological polar surface area (TPSA) is 118 Å². The number of ether oxygens (including phenoxy) is 1. The lowest BCUT2D eigenvalue weighted by Crippen LogP contribution is -2.45. The SMILES string of the molecule is Cc1csc(NC(=O)CN(CCN2CCOCC2)C(=O)c2ccc([N+](=O)[O-])cc2Cl)n1. The van der Waals surface area contributed by atoms with E-state index < -0.39 is 10.8 Å². The van der Waals surface area contributed by atoms with Crippen molar-refractivity contribution in [3.63, 3.8) is 0 Å². The van der Waals surface area contributed by atoms with Crippen LogP contribution in [0.15, 0.2) is 23.6 Å². The lowest BCUT2D eigenvalue weighted by atomic mass is 10.1. The maximum Gasteiger partial charge on any atom is 0.270 e. The molecular weight excluding hydrogens is 446 g/mol. The maximum absolute atomic E-state index is 13.1. The second-order valence-corrected chi connectivity index (χ2v) is 8.21. The van der Waals surface area contributed by atoms with Crippen LogP contribution in [0.25, 0.3) is 0 Å². The number of non-ortho nitro benzene ring substituents is 1. The van der Waals surface area contributed by atoms with Crippen molar-refractivity contribution in [2.45, 2.75) is 6.92 Å². The van der Waals surface area contributed by atoms with Crippen LogP contribution in [-0.4, -0.2) is 77.5 Å². The molecule has 1 fully saturated rings. The van der Waals surface area contributed by atoms with Crippen molar-refractivity contribution >= 4 is 45.6 Å². The molecule has 0 spiro atoms. The molecule has 0 aliphatic carbocycles. The summed E-state index contributed by atoms with van der Waals surface area (Å²) in [5, 5.41) is 15.9. The number of thiazole rings is 1. The average molecular weight is 468 g/mol. The number of benzene rings is 1. The average Bonchev–Trinajstić information content (AvgIpc) is 3.15. The molecule has 0 bridgehead atoms. The van der Waals surface area contributed by atoms with E-state index in [1.54, 1.807) is 0 Å². The highest BCUT2D eigenvalue weighted by Crippen LogP contribution is 2.24. The van der Waals surface area contributed by atoms with Gasteiger partial charge in [0.25, 0.3) is 11.6 Å². The third kappa shape index (κ3) is 6.44. The zero-order valence-corrected chi connectivity index (χ0v) is 18.4. The van der Waals surface area contributed by atoms with Crippen molar-refractivity contribution in [3.8, 4) is 0 Å². The van der Waals surface area contributed by atoms with Gasteiger partial charge in [0, 0.05) is 43.7 Å². The first-order valence-electron chi connectivity index (χ1n) is 9.59. The summed E-state index contributed by atoms with van der Waals surface area (Å²) in [6, 6.07) is 3.66. The number of carbonyl (C=O) groups is 2. The van der Waals surface area contributed by atoms with E-state index in [-0.39, 0.29) is 35.3 Å². The standard InChI is InChI=1S/C19H22ClN5O5S/c1-13-12-31-19(21-13)22-17(26)11-24(5-4-23-6-8-30-9-7-23)18(27)15-3-2-14(25(28)29)10-16(15)20/h2-3,10,12H,4-9,11H2,1H3,(H,21,22,26). The van der Waals surface area contributed by atoms with Gasteiger partial charge < -0.3 is 15.0 Å². The number of nitro groups is 1. The summed E-state index contributed by atoms with van der Waals surface area (Å²) in [5.74, 6) is -0.860. The van der Waals surface area contributed by atoms with Crippen LogP contribution >= 0.6 is 22.9 Å². The van der Waals surface area contributed by atoms with Crippen LogP contribution in [-0.2, 0) is 9.53 Å². The van der Waals surface area contributed by atoms with Gasteiger partial charge >= 0.3 is 0 Å². The molecule has 2 aromatic rings. The minimum absolute atomic E-state index is 0.0356. The number of nitro benzene ring substituents is 1. The molecule has 31 heavy (non-hydrogen) atoms. The van der Waals surface area contributed by atoms with E-state index in [1.807, 2.05) is 12.3 Å². The summed E-state index contributed by atoms with van der Waals surface area (Å²) in [6.07, 6.45) is 0. The Morgan fingerprint density at radius 2 is 2.13 bits per heavy atom. The number of amides is 2. The van der Waals surface area contributed by atoms with Gasteiger partial charge in [-0.25, -0.2) is 4.98 Å². The number of hydrogen-bond donors (Lipinski definition) is 1. The van der Waals surface area contributed by atoms with E-state index in [9.17, 15) is 19.7 Å². The van der Waals surface area contributed by atoms with Gasteiger partial charge in [0.1, 0.15) is 6.54 Å². The van der Waals surface area contributed by atoms with E-state index in [0.717, 1.165) is 24.8 Å². The van der Waals surface area contributed by atoms with Crippen molar-refractivity contribution in [2.75, 3.05) is 51.3 Å². The van der Waals surface area contributed by atoms with Crippen molar-refractivity contribution < 1.29 is 19.2 Å². The summed E-state index contributed by atoms with van der Waals surface area (Å²) in [7, 11) is 0. The van der Waals surface area contributed by atoms with Crippen molar-refractivity contribution in [1.29, 1.82) is 0 Å². The summed E-state index contributed by atoms with van der Waals surface area (Å²) in [6.45, 7) is 5.18. The zero-order chi connectivity index (χ0) is 22.4. The Morgan fingerprint density at radius 3 is 2.74 bits per heavy atom. The lowest BCUT2D eigenvalue weighted by molar-refractivity contribution is -0.384. The summed E-state index contributed by atoms with van der Waals surface area (Å²) in [4.78, 5) is 43.8. The Kier molecular flexibility index (Phi) is 7.91. The number of rotatable bonds is 8. The van der Waals surface area contributed by atoms with E-state index in [4.69, 9.17) is 16.3 Å². The minimum Gasteiger partial charge on any atom is -0.379 e. The maximum atomic E-state index is 13.1. The van der Waals surface area contributed by atoms with Gasteiger partial charge in [-0.15, -0.1) is 11.3 Å².